The summed E-state index contributed by atoms with van der Waals surface area (Å²) in [5.41, 5.74) is 4.28. The summed E-state index contributed by atoms with van der Waals surface area (Å²) in [6, 6.07) is 7.37. The van der Waals surface area contributed by atoms with E-state index in [9.17, 15) is 0 Å². The largest absolute Gasteiger partial charge is 0.310 e. The van der Waals surface area contributed by atoms with Crippen molar-refractivity contribution >= 4 is 0 Å². The first-order chi connectivity index (χ1) is 6.27. The van der Waals surface area contributed by atoms with Gasteiger partial charge in [-0.15, -0.1) is 0 Å². The Kier molecular flexibility index (Phi) is 2.36. The molecule has 0 saturated carbocycles. The van der Waals surface area contributed by atoms with Crippen LogP contribution >= 0.6 is 0 Å². The van der Waals surface area contributed by atoms with Crippen molar-refractivity contribution in [2.75, 3.05) is 6.54 Å². The predicted octanol–water partition coefficient (Wildman–Crippen LogP) is 2.73. The highest BCUT2D eigenvalue weighted by molar-refractivity contribution is 5.33. The van der Waals surface area contributed by atoms with Crippen molar-refractivity contribution in [2.24, 2.45) is 0 Å². The molecule has 1 aromatic carbocycles. The van der Waals surface area contributed by atoms with Crippen LogP contribution in [-0.2, 0) is 0 Å². The Balaban J connectivity index is 2.29. The van der Waals surface area contributed by atoms with Crippen LogP contribution in [-0.4, -0.2) is 6.54 Å². The number of rotatable bonds is 1. The lowest BCUT2D eigenvalue weighted by Gasteiger charge is -2.13. The van der Waals surface area contributed by atoms with E-state index in [0.717, 1.165) is 0 Å². The third kappa shape index (κ3) is 1.75. The molecule has 2 rings (SSSR count). The third-order valence-corrected chi connectivity index (χ3v) is 2.86. The maximum absolute atomic E-state index is 3.53. The number of aryl methyl sites for hydroxylation is 2. The molecule has 1 N–H and O–H groups in total. The summed E-state index contributed by atoms with van der Waals surface area (Å²) in [6.45, 7) is 5.54. The average Bonchev–Trinajstić information content (AvgIpc) is 2.56. The molecule has 0 bridgehead atoms. The van der Waals surface area contributed by atoms with Gasteiger partial charge in [-0.1, -0.05) is 23.8 Å². The summed E-state index contributed by atoms with van der Waals surface area (Å²) in [4.78, 5) is 0. The van der Waals surface area contributed by atoms with E-state index in [4.69, 9.17) is 0 Å². The quantitative estimate of drug-likeness (QED) is 0.692. The maximum Gasteiger partial charge on any atom is 0.0323 e. The molecule has 1 nitrogen and oxygen atoms in total. The molecule has 70 valence electrons. The lowest BCUT2D eigenvalue weighted by Crippen LogP contribution is -2.13. The first-order valence-electron chi connectivity index (χ1n) is 5.08. The molecule has 0 amide bonds. The SMILES string of the molecule is Cc1ccc([C@H]2CCCN2)c(C)c1. The zero-order valence-corrected chi connectivity index (χ0v) is 8.43. The van der Waals surface area contributed by atoms with Gasteiger partial charge in [0.25, 0.3) is 0 Å². The van der Waals surface area contributed by atoms with Crippen molar-refractivity contribution in [3.05, 3.63) is 34.9 Å². The molecule has 0 radical (unpaired) electrons. The fraction of sp³-hybridized carbons (Fsp3) is 0.500. The minimum Gasteiger partial charge on any atom is -0.310 e. The molecule has 1 fully saturated rings. The van der Waals surface area contributed by atoms with Crippen molar-refractivity contribution in [1.29, 1.82) is 0 Å². The van der Waals surface area contributed by atoms with Gasteiger partial charge in [-0.2, -0.15) is 0 Å². The predicted molar refractivity (Wildman–Crippen MR) is 55.9 cm³/mol. The molecular formula is C12H17N. The van der Waals surface area contributed by atoms with Crippen molar-refractivity contribution in [2.45, 2.75) is 32.7 Å². The van der Waals surface area contributed by atoms with E-state index in [2.05, 4.69) is 37.4 Å². The van der Waals surface area contributed by atoms with Crippen LogP contribution in [0.3, 0.4) is 0 Å². The summed E-state index contributed by atoms with van der Waals surface area (Å²) < 4.78 is 0. The van der Waals surface area contributed by atoms with Crippen LogP contribution in [0, 0.1) is 13.8 Å². The second-order valence-corrected chi connectivity index (χ2v) is 4.01. The number of hydrogen-bond donors (Lipinski definition) is 1. The molecular weight excluding hydrogens is 158 g/mol. The standard InChI is InChI=1S/C12H17N/c1-9-5-6-11(10(2)8-9)12-4-3-7-13-12/h5-6,8,12-13H,3-4,7H2,1-2H3/t12-/m1/s1. The van der Waals surface area contributed by atoms with Crippen molar-refractivity contribution in [3.8, 4) is 0 Å². The van der Waals surface area contributed by atoms with Crippen LogP contribution < -0.4 is 5.32 Å². The van der Waals surface area contributed by atoms with Crippen LogP contribution in [0.15, 0.2) is 18.2 Å². The van der Waals surface area contributed by atoms with Crippen molar-refractivity contribution in [3.63, 3.8) is 0 Å². The van der Waals surface area contributed by atoms with E-state index in [-0.39, 0.29) is 0 Å². The van der Waals surface area contributed by atoms with Gasteiger partial charge in [0.15, 0.2) is 0 Å². The molecule has 1 aliphatic rings. The van der Waals surface area contributed by atoms with Crippen molar-refractivity contribution < 1.29 is 0 Å². The highest BCUT2D eigenvalue weighted by Crippen LogP contribution is 2.25. The Morgan fingerprint density at radius 1 is 1.31 bits per heavy atom. The third-order valence-electron chi connectivity index (χ3n) is 2.86. The number of benzene rings is 1. The molecule has 0 unspecified atom stereocenters. The molecule has 0 aromatic heterocycles. The molecule has 1 atom stereocenters. The zero-order chi connectivity index (χ0) is 9.26. The summed E-state index contributed by atoms with van der Waals surface area (Å²) in [7, 11) is 0. The number of nitrogens with one attached hydrogen (secondary N) is 1. The van der Waals surface area contributed by atoms with E-state index in [1.54, 1.807) is 0 Å². The lowest BCUT2D eigenvalue weighted by atomic mass is 9.98. The average molecular weight is 175 g/mol. The first-order valence-corrected chi connectivity index (χ1v) is 5.08. The Hall–Kier alpha value is -0.820. The summed E-state index contributed by atoms with van der Waals surface area (Å²) in [5.74, 6) is 0. The smallest absolute Gasteiger partial charge is 0.0323 e. The fourth-order valence-electron chi connectivity index (χ4n) is 2.17. The monoisotopic (exact) mass is 175 g/mol. The molecule has 13 heavy (non-hydrogen) atoms. The van der Waals surface area contributed by atoms with Crippen LogP contribution in [0.2, 0.25) is 0 Å². The van der Waals surface area contributed by atoms with Gasteiger partial charge in [0.1, 0.15) is 0 Å². The molecule has 1 saturated heterocycles. The molecule has 1 aromatic rings. The van der Waals surface area contributed by atoms with Gasteiger partial charge >= 0.3 is 0 Å². The zero-order valence-electron chi connectivity index (χ0n) is 8.43. The highest BCUT2D eigenvalue weighted by Gasteiger charge is 2.17. The Morgan fingerprint density at radius 3 is 2.77 bits per heavy atom. The molecule has 1 heterocycles. The highest BCUT2D eigenvalue weighted by atomic mass is 14.9. The Labute approximate surface area is 80.2 Å². The van der Waals surface area contributed by atoms with E-state index in [1.165, 1.54) is 36.1 Å². The summed E-state index contributed by atoms with van der Waals surface area (Å²) >= 11 is 0. The lowest BCUT2D eigenvalue weighted by molar-refractivity contribution is 0.643. The van der Waals surface area contributed by atoms with E-state index in [1.807, 2.05) is 0 Å². The molecule has 1 aliphatic heterocycles. The topological polar surface area (TPSA) is 12.0 Å². The fourth-order valence-corrected chi connectivity index (χ4v) is 2.17. The van der Waals surface area contributed by atoms with Gasteiger partial charge in [-0.3, -0.25) is 0 Å². The first kappa shape index (κ1) is 8.76. The van der Waals surface area contributed by atoms with E-state index in [0.29, 0.717) is 6.04 Å². The van der Waals surface area contributed by atoms with Crippen molar-refractivity contribution in [1.82, 2.24) is 5.32 Å². The van der Waals surface area contributed by atoms with Crippen LogP contribution in [0.1, 0.15) is 35.6 Å². The van der Waals surface area contributed by atoms with E-state index < -0.39 is 0 Å². The van der Waals surface area contributed by atoms with E-state index >= 15 is 0 Å². The second kappa shape index (κ2) is 3.51. The Bertz CT molecular complexity index is 298. The van der Waals surface area contributed by atoms with Gasteiger partial charge < -0.3 is 5.32 Å². The maximum atomic E-state index is 3.53. The van der Waals surface area contributed by atoms with Gasteiger partial charge in [-0.25, -0.2) is 0 Å². The van der Waals surface area contributed by atoms with Gasteiger partial charge in [0.2, 0.25) is 0 Å². The van der Waals surface area contributed by atoms with Gasteiger partial charge in [0, 0.05) is 6.04 Å². The Morgan fingerprint density at radius 2 is 2.15 bits per heavy atom. The number of hydrogen-bond acceptors (Lipinski definition) is 1. The second-order valence-electron chi connectivity index (χ2n) is 4.01. The van der Waals surface area contributed by atoms with Gasteiger partial charge in [-0.05, 0) is 44.4 Å². The summed E-state index contributed by atoms with van der Waals surface area (Å²) in [5, 5.41) is 3.53. The molecule has 1 heteroatoms. The van der Waals surface area contributed by atoms with Crippen LogP contribution in [0.5, 0.6) is 0 Å². The summed E-state index contributed by atoms with van der Waals surface area (Å²) in [6.07, 6.45) is 2.61. The van der Waals surface area contributed by atoms with Crippen LogP contribution in [0.4, 0.5) is 0 Å². The molecule has 0 spiro atoms. The van der Waals surface area contributed by atoms with Crippen LogP contribution in [0.25, 0.3) is 0 Å². The van der Waals surface area contributed by atoms with Gasteiger partial charge in [0.05, 0.1) is 0 Å². The molecule has 0 aliphatic carbocycles. The minimum absolute atomic E-state index is 0.612. The minimum atomic E-state index is 0.612. The normalized spacial score (nSPS) is 22.2.